The molecule has 0 bridgehead atoms. The van der Waals surface area contributed by atoms with Crippen molar-refractivity contribution in [3.63, 3.8) is 0 Å². The molecule has 9 heteroatoms. The van der Waals surface area contributed by atoms with E-state index in [4.69, 9.17) is 15.0 Å². The molecule has 1 aliphatic rings. The van der Waals surface area contributed by atoms with Crippen molar-refractivity contribution in [2.24, 2.45) is 0 Å². The van der Waals surface area contributed by atoms with E-state index < -0.39 is 0 Å². The minimum Gasteiger partial charge on any atom is -0.384 e. The van der Waals surface area contributed by atoms with Gasteiger partial charge in [0.25, 0.3) is 5.56 Å². The molecule has 31 heavy (non-hydrogen) atoms. The highest BCUT2D eigenvalue weighted by Gasteiger charge is 2.31. The van der Waals surface area contributed by atoms with Gasteiger partial charge < -0.3 is 15.0 Å². The predicted octanol–water partition coefficient (Wildman–Crippen LogP) is 2.61. The summed E-state index contributed by atoms with van der Waals surface area (Å²) >= 11 is 0. The minimum absolute atomic E-state index is 0.0163. The van der Waals surface area contributed by atoms with Gasteiger partial charge in [0.05, 0.1) is 29.8 Å². The van der Waals surface area contributed by atoms with Gasteiger partial charge >= 0.3 is 0 Å². The van der Waals surface area contributed by atoms with E-state index in [1.165, 1.54) is 16.4 Å². The highest BCUT2D eigenvalue weighted by molar-refractivity contribution is 5.77. The zero-order valence-corrected chi connectivity index (χ0v) is 17.1. The van der Waals surface area contributed by atoms with Crippen LogP contribution in [0.2, 0.25) is 0 Å². The molecule has 0 aliphatic carbocycles. The van der Waals surface area contributed by atoms with Crippen molar-refractivity contribution in [2.75, 3.05) is 12.3 Å². The average Bonchev–Trinajstić information content (AvgIpc) is 3.45. The molecule has 2 atom stereocenters. The lowest BCUT2D eigenvalue weighted by Crippen LogP contribution is -2.23. The maximum atomic E-state index is 12.7. The van der Waals surface area contributed by atoms with Crippen LogP contribution in [0.15, 0.2) is 51.9 Å². The highest BCUT2D eigenvalue weighted by atomic mass is 16.5. The topological polar surface area (TPSA) is 122 Å². The van der Waals surface area contributed by atoms with Crippen LogP contribution in [0.3, 0.4) is 0 Å². The molecule has 1 fully saturated rings. The summed E-state index contributed by atoms with van der Waals surface area (Å²) in [5.41, 5.74) is 8.29. The molecule has 4 heterocycles. The molecule has 2 N–H and O–H groups in total. The standard InChI is InChI=1S/C22H22N6O3/c1-2-13-3-5-14(6-4-13)18-9-15(12-30-18)21-26-20(31-27-21)11-28-22(29)16-7-8-19(23)25-17(16)10-24-28/h3-8,10,15,18H,2,9,11-12H2,1H3,(H2,23,25)/t15-,18+/m0/s1. The van der Waals surface area contributed by atoms with Gasteiger partial charge in [-0.05, 0) is 36.1 Å². The number of nitrogen functional groups attached to an aromatic ring is 1. The van der Waals surface area contributed by atoms with Gasteiger partial charge in [-0.3, -0.25) is 4.79 Å². The second-order valence-electron chi connectivity index (χ2n) is 7.67. The molecule has 1 aromatic carbocycles. The van der Waals surface area contributed by atoms with E-state index in [9.17, 15) is 4.79 Å². The molecule has 5 rings (SSSR count). The van der Waals surface area contributed by atoms with Crippen LogP contribution in [0.4, 0.5) is 5.82 Å². The Balaban J connectivity index is 1.30. The van der Waals surface area contributed by atoms with E-state index in [-0.39, 0.29) is 24.1 Å². The monoisotopic (exact) mass is 418 g/mol. The Kier molecular flexibility index (Phi) is 4.95. The summed E-state index contributed by atoms with van der Waals surface area (Å²) in [5.74, 6) is 1.29. The number of anilines is 1. The number of aryl methyl sites for hydroxylation is 1. The zero-order valence-electron chi connectivity index (χ0n) is 17.1. The largest absolute Gasteiger partial charge is 0.384 e. The van der Waals surface area contributed by atoms with Crippen molar-refractivity contribution in [1.82, 2.24) is 24.9 Å². The van der Waals surface area contributed by atoms with Gasteiger partial charge in [0.1, 0.15) is 12.4 Å². The third-order valence-corrected chi connectivity index (χ3v) is 5.62. The molecule has 1 aliphatic heterocycles. The van der Waals surface area contributed by atoms with E-state index >= 15 is 0 Å². The Morgan fingerprint density at radius 1 is 1.16 bits per heavy atom. The van der Waals surface area contributed by atoms with Crippen LogP contribution in [-0.2, 0) is 17.7 Å². The van der Waals surface area contributed by atoms with Gasteiger partial charge in [-0.1, -0.05) is 36.3 Å². The number of nitrogens with zero attached hydrogens (tertiary/aromatic N) is 5. The van der Waals surface area contributed by atoms with Crippen molar-refractivity contribution < 1.29 is 9.26 Å². The van der Waals surface area contributed by atoms with Crippen LogP contribution >= 0.6 is 0 Å². The van der Waals surface area contributed by atoms with E-state index in [0.717, 1.165) is 18.4 Å². The van der Waals surface area contributed by atoms with Crippen molar-refractivity contribution in [3.05, 3.63) is 75.8 Å². The Morgan fingerprint density at radius 2 is 2.00 bits per heavy atom. The first kappa shape index (κ1) is 19.4. The third-order valence-electron chi connectivity index (χ3n) is 5.62. The number of benzene rings is 1. The lowest BCUT2D eigenvalue weighted by atomic mass is 9.99. The Labute approximate surface area is 177 Å². The molecule has 0 saturated carbocycles. The van der Waals surface area contributed by atoms with Crippen molar-refractivity contribution in [3.8, 4) is 0 Å². The second kappa shape index (κ2) is 7.92. The van der Waals surface area contributed by atoms with Crippen LogP contribution < -0.4 is 11.3 Å². The van der Waals surface area contributed by atoms with Crippen molar-refractivity contribution in [1.29, 1.82) is 0 Å². The molecule has 9 nitrogen and oxygen atoms in total. The molecular weight excluding hydrogens is 396 g/mol. The van der Waals surface area contributed by atoms with Gasteiger partial charge in [0, 0.05) is 5.92 Å². The van der Waals surface area contributed by atoms with Crippen molar-refractivity contribution in [2.45, 2.75) is 38.3 Å². The molecular formula is C22H22N6O3. The normalized spacial score (nSPS) is 18.6. The Morgan fingerprint density at radius 3 is 2.81 bits per heavy atom. The Bertz CT molecular complexity index is 1280. The average molecular weight is 418 g/mol. The van der Waals surface area contributed by atoms with Gasteiger partial charge in [-0.2, -0.15) is 10.1 Å². The maximum Gasteiger partial charge on any atom is 0.276 e. The molecule has 1 saturated heterocycles. The third kappa shape index (κ3) is 3.79. The van der Waals surface area contributed by atoms with Gasteiger partial charge in [-0.25, -0.2) is 9.67 Å². The van der Waals surface area contributed by atoms with Crippen LogP contribution in [0.1, 0.15) is 48.2 Å². The number of nitrogens with two attached hydrogens (primary N) is 1. The minimum atomic E-state index is -0.287. The number of aromatic nitrogens is 5. The van der Waals surface area contributed by atoms with Crippen LogP contribution in [0.5, 0.6) is 0 Å². The van der Waals surface area contributed by atoms with E-state index in [2.05, 4.69) is 51.4 Å². The maximum absolute atomic E-state index is 12.7. The smallest absolute Gasteiger partial charge is 0.276 e. The number of hydrogen-bond acceptors (Lipinski definition) is 8. The number of ether oxygens (including phenoxy) is 1. The quantitative estimate of drug-likeness (QED) is 0.525. The summed E-state index contributed by atoms with van der Waals surface area (Å²) in [6, 6.07) is 11.7. The first-order valence-corrected chi connectivity index (χ1v) is 10.3. The van der Waals surface area contributed by atoms with Crippen LogP contribution in [-0.4, -0.2) is 31.5 Å². The lowest BCUT2D eigenvalue weighted by Gasteiger charge is -2.10. The summed E-state index contributed by atoms with van der Waals surface area (Å²) in [6.45, 7) is 2.75. The number of hydrogen-bond donors (Lipinski definition) is 1. The first-order valence-electron chi connectivity index (χ1n) is 10.3. The van der Waals surface area contributed by atoms with E-state index in [1.54, 1.807) is 12.1 Å². The van der Waals surface area contributed by atoms with Crippen LogP contribution in [0, 0.1) is 0 Å². The zero-order chi connectivity index (χ0) is 21.4. The summed E-state index contributed by atoms with van der Waals surface area (Å²) in [7, 11) is 0. The summed E-state index contributed by atoms with van der Waals surface area (Å²) in [5, 5.41) is 8.70. The summed E-state index contributed by atoms with van der Waals surface area (Å²) in [6.07, 6.45) is 3.32. The fraction of sp³-hybridized carbons (Fsp3) is 0.318. The highest BCUT2D eigenvalue weighted by Crippen LogP contribution is 2.37. The van der Waals surface area contributed by atoms with Crippen LogP contribution in [0.25, 0.3) is 10.9 Å². The molecule has 0 radical (unpaired) electrons. The number of fused-ring (bicyclic) bond motifs is 1. The molecule has 0 unspecified atom stereocenters. The van der Waals surface area contributed by atoms with Gasteiger partial charge in [0.15, 0.2) is 5.82 Å². The predicted molar refractivity (Wildman–Crippen MR) is 113 cm³/mol. The summed E-state index contributed by atoms with van der Waals surface area (Å²) < 4.78 is 12.6. The number of rotatable bonds is 5. The van der Waals surface area contributed by atoms with E-state index in [1.807, 2.05) is 0 Å². The SMILES string of the molecule is CCc1ccc([C@H]2C[C@H](c3noc(Cn4ncc5nc(N)ccc5c4=O)n3)CO2)cc1. The van der Waals surface area contributed by atoms with Crippen molar-refractivity contribution >= 4 is 16.7 Å². The molecule has 158 valence electrons. The molecule has 3 aromatic heterocycles. The second-order valence-corrected chi connectivity index (χ2v) is 7.67. The Hall–Kier alpha value is -3.59. The van der Waals surface area contributed by atoms with E-state index in [0.29, 0.717) is 35.0 Å². The lowest BCUT2D eigenvalue weighted by molar-refractivity contribution is 0.110. The molecule has 0 spiro atoms. The molecule has 4 aromatic rings. The first-order chi connectivity index (χ1) is 15.1. The number of pyridine rings is 1. The van der Waals surface area contributed by atoms with Gasteiger partial charge in [-0.15, -0.1) is 0 Å². The van der Waals surface area contributed by atoms with Gasteiger partial charge in [0.2, 0.25) is 5.89 Å². The fourth-order valence-corrected chi connectivity index (χ4v) is 3.83. The fourth-order valence-electron chi connectivity index (χ4n) is 3.83. The summed E-state index contributed by atoms with van der Waals surface area (Å²) in [4.78, 5) is 21.3. The molecule has 0 amide bonds.